The molecule has 1 amide bonds. The number of hydrogen-bond acceptors (Lipinski definition) is 5. The monoisotopic (exact) mass is 419 g/mol. The number of nitrogens with zero attached hydrogens (tertiary/aromatic N) is 3. The van der Waals surface area contributed by atoms with E-state index in [1.54, 1.807) is 31.2 Å². The van der Waals surface area contributed by atoms with Gasteiger partial charge in [0.25, 0.3) is 5.22 Å². The molecule has 2 aromatic rings. The third-order valence-corrected chi connectivity index (χ3v) is 5.43. The Morgan fingerprint density at radius 3 is 2.70 bits per heavy atom. The van der Waals surface area contributed by atoms with Crippen LogP contribution in [0.2, 0.25) is 5.02 Å². The van der Waals surface area contributed by atoms with Crippen LogP contribution in [0.1, 0.15) is 19.8 Å². The smallest absolute Gasteiger partial charge is 0.406 e. The van der Waals surface area contributed by atoms with Crippen LogP contribution in [-0.4, -0.2) is 45.5 Å². The fourth-order valence-corrected chi connectivity index (χ4v) is 3.57. The van der Waals surface area contributed by atoms with Crippen LogP contribution < -0.4 is 0 Å². The molecule has 1 saturated carbocycles. The second-order valence-corrected chi connectivity index (χ2v) is 7.69. The van der Waals surface area contributed by atoms with Crippen molar-refractivity contribution < 1.29 is 22.4 Å². The summed E-state index contributed by atoms with van der Waals surface area (Å²) in [6.07, 6.45) is -2.74. The maximum Gasteiger partial charge on any atom is 0.406 e. The van der Waals surface area contributed by atoms with Crippen molar-refractivity contribution in [1.82, 2.24) is 15.1 Å². The van der Waals surface area contributed by atoms with Crippen LogP contribution in [0.15, 0.2) is 33.9 Å². The summed E-state index contributed by atoms with van der Waals surface area (Å²) in [7, 11) is 0. The zero-order chi connectivity index (χ0) is 19.6. The highest BCUT2D eigenvalue weighted by Gasteiger charge is 2.40. The Bertz CT molecular complexity index is 811. The molecule has 10 heteroatoms. The Hall–Kier alpha value is -1.74. The lowest BCUT2D eigenvalue weighted by atomic mass is 10.2. The molecule has 0 unspecified atom stereocenters. The maximum absolute atomic E-state index is 12.8. The summed E-state index contributed by atoms with van der Waals surface area (Å²) in [6, 6.07) is 6.45. The van der Waals surface area contributed by atoms with Crippen molar-refractivity contribution in [3.8, 4) is 11.5 Å². The average molecular weight is 420 g/mol. The van der Waals surface area contributed by atoms with Crippen LogP contribution in [0, 0.1) is 5.92 Å². The number of halogens is 4. The third kappa shape index (κ3) is 5.38. The normalized spacial score (nSPS) is 15.6. The second kappa shape index (κ2) is 8.10. The molecule has 1 aliphatic rings. The molecule has 5 nitrogen and oxygen atoms in total. The molecule has 1 aromatic carbocycles. The van der Waals surface area contributed by atoms with Gasteiger partial charge < -0.3 is 9.32 Å². The Kier molecular flexibility index (Phi) is 6.00. The summed E-state index contributed by atoms with van der Waals surface area (Å²) < 4.78 is 44.0. The van der Waals surface area contributed by atoms with E-state index < -0.39 is 24.7 Å². The van der Waals surface area contributed by atoms with Crippen molar-refractivity contribution in [2.75, 3.05) is 12.3 Å². The van der Waals surface area contributed by atoms with Gasteiger partial charge in [-0.25, -0.2) is 0 Å². The van der Waals surface area contributed by atoms with E-state index >= 15 is 0 Å². The van der Waals surface area contributed by atoms with Crippen molar-refractivity contribution in [2.24, 2.45) is 5.92 Å². The molecule has 0 radical (unpaired) electrons. The summed E-state index contributed by atoms with van der Waals surface area (Å²) >= 11 is 6.98. The van der Waals surface area contributed by atoms with E-state index in [2.05, 4.69) is 10.2 Å². The van der Waals surface area contributed by atoms with Crippen LogP contribution in [0.5, 0.6) is 0 Å². The van der Waals surface area contributed by atoms with Gasteiger partial charge in [0.2, 0.25) is 11.8 Å². The molecular weight excluding hydrogens is 403 g/mol. The largest absolute Gasteiger partial charge is 0.411 e. The third-order valence-electron chi connectivity index (χ3n) is 4.30. The molecule has 0 bridgehead atoms. The predicted octanol–water partition coefficient (Wildman–Crippen LogP) is 4.67. The Balaban J connectivity index is 1.64. The van der Waals surface area contributed by atoms with Gasteiger partial charge in [0.1, 0.15) is 6.54 Å². The lowest BCUT2D eigenvalue weighted by Crippen LogP contribution is -2.46. The first-order chi connectivity index (χ1) is 12.7. The minimum absolute atomic E-state index is 0.101. The van der Waals surface area contributed by atoms with Gasteiger partial charge in [0.05, 0.1) is 16.3 Å². The van der Waals surface area contributed by atoms with Crippen LogP contribution in [0.3, 0.4) is 0 Å². The van der Waals surface area contributed by atoms with Crippen molar-refractivity contribution >= 4 is 29.3 Å². The molecule has 0 aliphatic heterocycles. The van der Waals surface area contributed by atoms with Gasteiger partial charge in [-0.3, -0.25) is 4.79 Å². The highest BCUT2D eigenvalue weighted by Crippen LogP contribution is 2.36. The predicted molar refractivity (Wildman–Crippen MR) is 95.4 cm³/mol. The van der Waals surface area contributed by atoms with Crippen molar-refractivity contribution in [3.05, 3.63) is 29.3 Å². The average Bonchev–Trinajstić information content (AvgIpc) is 3.35. The Morgan fingerprint density at radius 1 is 1.37 bits per heavy atom. The molecule has 3 rings (SSSR count). The fourth-order valence-electron chi connectivity index (χ4n) is 2.70. The minimum atomic E-state index is -4.44. The number of amides is 1. The van der Waals surface area contributed by atoms with Gasteiger partial charge in [-0.05, 0) is 37.8 Å². The van der Waals surface area contributed by atoms with E-state index in [9.17, 15) is 18.0 Å². The van der Waals surface area contributed by atoms with Crippen LogP contribution >= 0.6 is 23.4 Å². The van der Waals surface area contributed by atoms with E-state index in [0.717, 1.165) is 29.5 Å². The fraction of sp³-hybridized carbons (Fsp3) is 0.471. The summed E-state index contributed by atoms with van der Waals surface area (Å²) in [5.41, 5.74) is 0.547. The topological polar surface area (TPSA) is 59.2 Å². The number of aromatic nitrogens is 2. The molecule has 0 spiro atoms. The first-order valence-electron chi connectivity index (χ1n) is 8.32. The van der Waals surface area contributed by atoms with Gasteiger partial charge >= 0.3 is 6.18 Å². The van der Waals surface area contributed by atoms with Gasteiger partial charge in [-0.2, -0.15) is 13.2 Å². The first kappa shape index (κ1) is 20.0. The van der Waals surface area contributed by atoms with Gasteiger partial charge in [-0.1, -0.05) is 35.5 Å². The Morgan fingerprint density at radius 2 is 2.07 bits per heavy atom. The van der Waals surface area contributed by atoms with Gasteiger partial charge in [0, 0.05) is 6.04 Å². The summed E-state index contributed by atoms with van der Waals surface area (Å²) in [6.45, 7) is 0.410. The number of carbonyl (C=O) groups excluding carboxylic acids is 1. The molecule has 1 aromatic heterocycles. The van der Waals surface area contributed by atoms with Crippen LogP contribution in [-0.2, 0) is 4.79 Å². The van der Waals surface area contributed by atoms with Crippen molar-refractivity contribution in [3.63, 3.8) is 0 Å². The first-order valence-corrected chi connectivity index (χ1v) is 9.68. The van der Waals surface area contributed by atoms with E-state index in [-0.39, 0.29) is 22.8 Å². The SMILES string of the molecule is C[C@@H](C1CC1)N(CC(F)(F)F)C(=O)CSc1nnc(-c2ccccc2Cl)o1. The van der Waals surface area contributed by atoms with Crippen LogP contribution in [0.25, 0.3) is 11.5 Å². The highest BCUT2D eigenvalue weighted by atomic mass is 35.5. The number of benzene rings is 1. The number of carbonyl (C=O) groups is 1. The standard InChI is InChI=1S/C17H17ClF3N3O2S/c1-10(11-6-7-11)24(9-17(19,20)21)14(25)8-27-16-23-22-15(26-16)12-4-2-3-5-13(12)18/h2-5,10-11H,6-9H2,1H3/t10-/m0/s1. The van der Waals surface area contributed by atoms with Gasteiger partial charge in [0.15, 0.2) is 0 Å². The molecule has 146 valence electrons. The highest BCUT2D eigenvalue weighted by molar-refractivity contribution is 7.99. The summed E-state index contributed by atoms with van der Waals surface area (Å²) in [5.74, 6) is -0.489. The van der Waals surface area contributed by atoms with E-state index in [4.69, 9.17) is 16.0 Å². The molecule has 1 heterocycles. The molecule has 1 atom stereocenters. The number of hydrogen-bond donors (Lipinski definition) is 0. The molecule has 1 fully saturated rings. The van der Waals surface area contributed by atoms with E-state index in [0.29, 0.717) is 10.6 Å². The molecule has 0 N–H and O–H groups in total. The van der Waals surface area contributed by atoms with Crippen molar-refractivity contribution in [2.45, 2.75) is 37.2 Å². The molecular formula is C17H17ClF3N3O2S. The minimum Gasteiger partial charge on any atom is -0.411 e. The lowest BCUT2D eigenvalue weighted by molar-refractivity contribution is -0.164. The quantitative estimate of drug-likeness (QED) is 0.610. The van der Waals surface area contributed by atoms with Crippen molar-refractivity contribution in [1.29, 1.82) is 0 Å². The number of alkyl halides is 3. The summed E-state index contributed by atoms with van der Waals surface area (Å²) in [5, 5.41) is 8.24. The summed E-state index contributed by atoms with van der Waals surface area (Å²) in [4.78, 5) is 13.3. The van der Waals surface area contributed by atoms with E-state index in [1.807, 2.05) is 0 Å². The molecule has 1 aliphatic carbocycles. The molecule has 27 heavy (non-hydrogen) atoms. The van der Waals surface area contributed by atoms with Gasteiger partial charge in [-0.15, -0.1) is 10.2 Å². The van der Waals surface area contributed by atoms with Crippen LogP contribution in [0.4, 0.5) is 13.2 Å². The number of rotatable bonds is 7. The zero-order valence-corrected chi connectivity index (χ0v) is 15.9. The maximum atomic E-state index is 12.8. The molecule has 0 saturated heterocycles. The lowest BCUT2D eigenvalue weighted by Gasteiger charge is -2.30. The zero-order valence-electron chi connectivity index (χ0n) is 14.4. The number of thioether (sulfide) groups is 1. The Labute approximate surface area is 163 Å². The van der Waals surface area contributed by atoms with E-state index in [1.165, 1.54) is 0 Å². The second-order valence-electron chi connectivity index (χ2n) is 6.36.